The Morgan fingerprint density at radius 3 is 2.53 bits per heavy atom. The largest absolute Gasteiger partial charge is 0.396 e. The molecule has 2 rings (SSSR count). The van der Waals surface area contributed by atoms with Crippen LogP contribution in [-0.2, 0) is 17.7 Å². The third-order valence-electron chi connectivity index (χ3n) is 3.22. The molecule has 1 aliphatic heterocycles. The number of hydrogen-bond acceptors (Lipinski definition) is 3. The first kappa shape index (κ1) is 12.6. The first-order valence-corrected chi connectivity index (χ1v) is 6.38. The van der Waals surface area contributed by atoms with Gasteiger partial charge < -0.3 is 9.84 Å². The maximum atomic E-state index is 8.91. The van der Waals surface area contributed by atoms with Gasteiger partial charge in [-0.2, -0.15) is 0 Å². The number of hydrogen-bond donors (Lipinski definition) is 1. The van der Waals surface area contributed by atoms with Crippen molar-refractivity contribution in [3.63, 3.8) is 0 Å². The molecule has 0 unspecified atom stereocenters. The molecule has 1 N–H and O–H groups in total. The molecule has 0 saturated carbocycles. The first-order valence-electron chi connectivity index (χ1n) is 6.38. The normalized spacial score (nSPS) is 17.2. The van der Waals surface area contributed by atoms with Gasteiger partial charge in [-0.25, -0.2) is 0 Å². The molecule has 1 fully saturated rings. The van der Waals surface area contributed by atoms with Crippen LogP contribution in [0.25, 0.3) is 0 Å². The number of nitrogens with zero attached hydrogens (tertiary/aromatic N) is 1. The Morgan fingerprint density at radius 2 is 1.82 bits per heavy atom. The van der Waals surface area contributed by atoms with Crippen molar-refractivity contribution in [2.24, 2.45) is 0 Å². The minimum absolute atomic E-state index is 0.270. The number of ether oxygens (including phenoxy) is 1. The zero-order chi connectivity index (χ0) is 11.9. The lowest BCUT2D eigenvalue weighted by atomic mass is 10.0. The Bertz CT molecular complexity index is 335. The number of aliphatic hydroxyl groups excluding tert-OH is 1. The lowest BCUT2D eigenvalue weighted by Crippen LogP contribution is -2.35. The third kappa shape index (κ3) is 3.80. The predicted octanol–water partition coefficient (Wildman–Crippen LogP) is 1.44. The van der Waals surface area contributed by atoms with E-state index in [1.165, 1.54) is 11.1 Å². The summed E-state index contributed by atoms with van der Waals surface area (Å²) in [5.41, 5.74) is 2.76. The van der Waals surface area contributed by atoms with Crippen molar-refractivity contribution in [1.29, 1.82) is 0 Å². The van der Waals surface area contributed by atoms with Gasteiger partial charge in [-0.15, -0.1) is 0 Å². The van der Waals surface area contributed by atoms with E-state index in [-0.39, 0.29) is 6.61 Å². The van der Waals surface area contributed by atoms with E-state index in [1.54, 1.807) is 0 Å². The predicted molar refractivity (Wildman–Crippen MR) is 67.9 cm³/mol. The van der Waals surface area contributed by atoms with E-state index < -0.39 is 0 Å². The van der Waals surface area contributed by atoms with Crippen LogP contribution in [0.1, 0.15) is 17.5 Å². The molecular formula is C14H21NO2. The molecule has 1 aliphatic rings. The SMILES string of the molecule is OCCCc1ccccc1CN1CCOCC1. The molecule has 0 aromatic heterocycles. The van der Waals surface area contributed by atoms with E-state index in [0.717, 1.165) is 45.7 Å². The molecule has 0 atom stereocenters. The summed E-state index contributed by atoms with van der Waals surface area (Å²) in [5.74, 6) is 0. The number of rotatable bonds is 5. The fourth-order valence-electron chi connectivity index (χ4n) is 2.23. The summed E-state index contributed by atoms with van der Waals surface area (Å²) < 4.78 is 5.36. The summed E-state index contributed by atoms with van der Waals surface area (Å²) >= 11 is 0. The number of aliphatic hydroxyl groups is 1. The topological polar surface area (TPSA) is 32.7 Å². The van der Waals surface area contributed by atoms with Gasteiger partial charge in [0, 0.05) is 26.2 Å². The van der Waals surface area contributed by atoms with E-state index in [2.05, 4.69) is 29.2 Å². The van der Waals surface area contributed by atoms with Crippen molar-refractivity contribution in [2.45, 2.75) is 19.4 Å². The van der Waals surface area contributed by atoms with Gasteiger partial charge in [0.05, 0.1) is 13.2 Å². The van der Waals surface area contributed by atoms with Crippen LogP contribution < -0.4 is 0 Å². The Hall–Kier alpha value is -0.900. The number of benzene rings is 1. The van der Waals surface area contributed by atoms with Crippen molar-refractivity contribution >= 4 is 0 Å². The minimum Gasteiger partial charge on any atom is -0.396 e. The van der Waals surface area contributed by atoms with E-state index in [1.807, 2.05) is 0 Å². The van der Waals surface area contributed by atoms with Gasteiger partial charge in [-0.05, 0) is 24.0 Å². The summed E-state index contributed by atoms with van der Waals surface area (Å²) in [6.07, 6.45) is 1.82. The Balaban J connectivity index is 1.98. The zero-order valence-corrected chi connectivity index (χ0v) is 10.3. The van der Waals surface area contributed by atoms with Crippen molar-refractivity contribution < 1.29 is 9.84 Å². The summed E-state index contributed by atoms with van der Waals surface area (Å²) in [7, 11) is 0. The second-order valence-electron chi connectivity index (χ2n) is 4.48. The lowest BCUT2D eigenvalue weighted by Gasteiger charge is -2.27. The molecule has 0 radical (unpaired) electrons. The molecule has 0 aliphatic carbocycles. The fraction of sp³-hybridized carbons (Fsp3) is 0.571. The van der Waals surface area contributed by atoms with Crippen molar-refractivity contribution in [3.05, 3.63) is 35.4 Å². The smallest absolute Gasteiger partial charge is 0.0594 e. The molecule has 17 heavy (non-hydrogen) atoms. The summed E-state index contributed by atoms with van der Waals surface area (Å²) in [5, 5.41) is 8.91. The van der Waals surface area contributed by atoms with Gasteiger partial charge in [0.25, 0.3) is 0 Å². The molecule has 3 nitrogen and oxygen atoms in total. The highest BCUT2D eigenvalue weighted by atomic mass is 16.5. The molecule has 0 spiro atoms. The summed E-state index contributed by atoms with van der Waals surface area (Å²) in [6.45, 7) is 5.01. The quantitative estimate of drug-likeness (QED) is 0.838. The van der Waals surface area contributed by atoms with Gasteiger partial charge in [0.1, 0.15) is 0 Å². The average Bonchev–Trinajstić information content (AvgIpc) is 2.39. The van der Waals surface area contributed by atoms with Crippen LogP contribution in [0.4, 0.5) is 0 Å². The highest BCUT2D eigenvalue weighted by molar-refractivity contribution is 5.27. The molecule has 1 aromatic carbocycles. The maximum absolute atomic E-state index is 8.91. The van der Waals surface area contributed by atoms with Crippen molar-refractivity contribution in [1.82, 2.24) is 4.90 Å². The summed E-state index contributed by atoms with van der Waals surface area (Å²) in [4.78, 5) is 2.43. The van der Waals surface area contributed by atoms with Crippen LogP contribution in [0.2, 0.25) is 0 Å². The Kier molecular flexibility index (Phi) is 4.98. The molecule has 1 saturated heterocycles. The van der Waals surface area contributed by atoms with E-state index in [0.29, 0.717) is 0 Å². The Morgan fingerprint density at radius 1 is 1.12 bits per heavy atom. The third-order valence-corrected chi connectivity index (χ3v) is 3.22. The van der Waals surface area contributed by atoms with Gasteiger partial charge in [-0.3, -0.25) is 4.90 Å². The highest BCUT2D eigenvalue weighted by Gasteiger charge is 2.12. The zero-order valence-electron chi connectivity index (χ0n) is 10.3. The van der Waals surface area contributed by atoms with Crippen molar-refractivity contribution in [2.75, 3.05) is 32.9 Å². The first-order chi connectivity index (χ1) is 8.40. The second-order valence-corrected chi connectivity index (χ2v) is 4.48. The van der Waals surface area contributed by atoms with Gasteiger partial charge in [-0.1, -0.05) is 24.3 Å². The molecule has 94 valence electrons. The van der Waals surface area contributed by atoms with Crippen LogP contribution in [0.15, 0.2) is 24.3 Å². The van der Waals surface area contributed by atoms with Crippen LogP contribution >= 0.6 is 0 Å². The van der Waals surface area contributed by atoms with Crippen LogP contribution in [0, 0.1) is 0 Å². The summed E-state index contributed by atoms with van der Waals surface area (Å²) in [6, 6.07) is 8.54. The van der Waals surface area contributed by atoms with E-state index in [9.17, 15) is 0 Å². The van der Waals surface area contributed by atoms with Crippen LogP contribution in [0.5, 0.6) is 0 Å². The minimum atomic E-state index is 0.270. The number of aryl methyl sites for hydroxylation is 1. The molecule has 3 heteroatoms. The van der Waals surface area contributed by atoms with Crippen LogP contribution in [0.3, 0.4) is 0 Å². The molecule has 1 heterocycles. The van der Waals surface area contributed by atoms with E-state index >= 15 is 0 Å². The molecule has 0 amide bonds. The van der Waals surface area contributed by atoms with Gasteiger partial charge in [0.15, 0.2) is 0 Å². The van der Waals surface area contributed by atoms with E-state index in [4.69, 9.17) is 9.84 Å². The molecule has 0 bridgehead atoms. The second kappa shape index (κ2) is 6.74. The Labute approximate surface area is 103 Å². The highest BCUT2D eigenvalue weighted by Crippen LogP contribution is 2.14. The molecule has 1 aromatic rings. The average molecular weight is 235 g/mol. The molecular weight excluding hydrogens is 214 g/mol. The maximum Gasteiger partial charge on any atom is 0.0594 e. The van der Waals surface area contributed by atoms with Crippen molar-refractivity contribution in [3.8, 4) is 0 Å². The van der Waals surface area contributed by atoms with Crippen LogP contribution in [-0.4, -0.2) is 42.9 Å². The fourth-order valence-corrected chi connectivity index (χ4v) is 2.23. The monoisotopic (exact) mass is 235 g/mol. The number of morpholine rings is 1. The standard InChI is InChI=1S/C14H21NO2/c16-9-3-6-13-4-1-2-5-14(13)12-15-7-10-17-11-8-15/h1-2,4-5,16H,3,6-12H2. The van der Waals surface area contributed by atoms with Gasteiger partial charge >= 0.3 is 0 Å². The lowest BCUT2D eigenvalue weighted by molar-refractivity contribution is 0.0341. The van der Waals surface area contributed by atoms with Gasteiger partial charge in [0.2, 0.25) is 0 Å².